The van der Waals surface area contributed by atoms with Crippen LogP contribution in [-0.2, 0) is 19.1 Å². The van der Waals surface area contributed by atoms with Crippen molar-refractivity contribution in [3.8, 4) is 0 Å². The van der Waals surface area contributed by atoms with E-state index in [1.165, 1.54) is 30.7 Å². The Kier molecular flexibility index (Phi) is 3.86. The molecule has 106 valence electrons. The van der Waals surface area contributed by atoms with E-state index in [1.54, 1.807) is 0 Å². The molecule has 0 bridgehead atoms. The van der Waals surface area contributed by atoms with Crippen LogP contribution in [-0.4, -0.2) is 47.0 Å². The van der Waals surface area contributed by atoms with Crippen molar-refractivity contribution in [1.82, 2.24) is 10.2 Å². The summed E-state index contributed by atoms with van der Waals surface area (Å²) in [5.41, 5.74) is 8.59. The fraction of sp³-hybridized carbons (Fsp3) is 0.500. The molecule has 2 aliphatic rings. The van der Waals surface area contributed by atoms with E-state index in [4.69, 9.17) is 5.53 Å². The molecule has 0 aliphatic carbocycles. The summed E-state index contributed by atoms with van der Waals surface area (Å²) in [5.74, 6) is -1.23. The van der Waals surface area contributed by atoms with Gasteiger partial charge in [0.1, 0.15) is 17.1 Å². The monoisotopic (exact) mass is 297 g/mol. The molecule has 1 saturated heterocycles. The van der Waals surface area contributed by atoms with Crippen LogP contribution in [0, 0.1) is 0 Å². The predicted molar refractivity (Wildman–Crippen MR) is 68.9 cm³/mol. The number of hydrogen-bond acceptors (Lipinski definition) is 6. The van der Waals surface area contributed by atoms with E-state index in [9.17, 15) is 14.4 Å². The molecule has 10 heteroatoms. The fourth-order valence-electron chi connectivity index (χ4n) is 2.04. The van der Waals surface area contributed by atoms with Crippen LogP contribution in [0.15, 0.2) is 16.5 Å². The number of amides is 2. The van der Waals surface area contributed by atoms with Gasteiger partial charge in [-0.25, -0.2) is 4.79 Å². The number of esters is 1. The standard InChI is InChI=1S/C10H11N5O4S/c1-4(16)12-6-8(17)15-7(10(18)19-2)5(13-14-11)3-20-9(6)15/h6,9H,3H2,1-2H3,(H,12,16)/t6-,9-/m1/s1. The van der Waals surface area contributed by atoms with E-state index >= 15 is 0 Å². The molecule has 2 atom stereocenters. The molecule has 1 fully saturated rings. The van der Waals surface area contributed by atoms with Crippen LogP contribution in [0.4, 0.5) is 0 Å². The van der Waals surface area contributed by atoms with Gasteiger partial charge in [0.25, 0.3) is 5.91 Å². The van der Waals surface area contributed by atoms with Crippen molar-refractivity contribution in [2.24, 2.45) is 5.11 Å². The lowest BCUT2D eigenvalue weighted by Crippen LogP contribution is -2.70. The van der Waals surface area contributed by atoms with Crippen molar-refractivity contribution < 1.29 is 19.1 Å². The maximum atomic E-state index is 12.0. The van der Waals surface area contributed by atoms with Gasteiger partial charge in [-0.15, -0.1) is 11.8 Å². The third kappa shape index (κ3) is 2.19. The number of nitrogens with one attached hydrogen (secondary N) is 1. The molecule has 0 saturated carbocycles. The quantitative estimate of drug-likeness (QED) is 0.260. The van der Waals surface area contributed by atoms with E-state index in [0.29, 0.717) is 0 Å². The molecular weight excluding hydrogens is 286 g/mol. The number of carbonyl (C=O) groups is 3. The van der Waals surface area contributed by atoms with Crippen molar-refractivity contribution >= 4 is 29.5 Å². The summed E-state index contributed by atoms with van der Waals surface area (Å²) in [6, 6.07) is -0.676. The number of carbonyl (C=O) groups excluding carboxylic acids is 3. The summed E-state index contributed by atoms with van der Waals surface area (Å²) in [5, 5.41) is 5.56. The number of β-lactam (4-membered cyclic amide) rings is 1. The number of ether oxygens (including phenoxy) is 1. The van der Waals surface area contributed by atoms with Crippen LogP contribution in [0.3, 0.4) is 0 Å². The minimum absolute atomic E-state index is 0.0550. The van der Waals surface area contributed by atoms with Crippen LogP contribution in [0.25, 0.3) is 10.4 Å². The third-order valence-corrected chi connectivity index (χ3v) is 4.12. The Balaban J connectivity index is 2.34. The number of nitrogens with zero attached hydrogens (tertiary/aromatic N) is 4. The molecule has 0 aromatic carbocycles. The number of fused-ring (bicyclic) bond motifs is 1. The highest BCUT2D eigenvalue weighted by atomic mass is 32.2. The van der Waals surface area contributed by atoms with Gasteiger partial charge in [-0.05, 0) is 5.53 Å². The Morgan fingerprint density at radius 1 is 1.60 bits per heavy atom. The van der Waals surface area contributed by atoms with E-state index in [2.05, 4.69) is 20.1 Å². The molecule has 2 aliphatic heterocycles. The van der Waals surface area contributed by atoms with Crippen LogP contribution >= 0.6 is 11.8 Å². The molecule has 0 aromatic rings. The normalized spacial score (nSPS) is 24.3. The molecule has 0 radical (unpaired) electrons. The molecule has 0 unspecified atom stereocenters. The Bertz CT molecular complexity index is 568. The number of thioether (sulfide) groups is 1. The first-order valence-electron chi connectivity index (χ1n) is 5.59. The minimum atomic E-state index is -0.743. The lowest BCUT2D eigenvalue weighted by atomic mass is 10.0. The Hall–Kier alpha value is -2.19. The summed E-state index contributed by atoms with van der Waals surface area (Å²) in [6.07, 6.45) is 0. The first kappa shape index (κ1) is 14.2. The number of methoxy groups -OCH3 is 1. The van der Waals surface area contributed by atoms with Gasteiger partial charge in [0.2, 0.25) is 5.91 Å². The minimum Gasteiger partial charge on any atom is -0.464 e. The molecule has 20 heavy (non-hydrogen) atoms. The summed E-state index contributed by atoms with van der Waals surface area (Å²) in [7, 11) is 1.18. The second-order valence-corrected chi connectivity index (χ2v) is 5.17. The van der Waals surface area contributed by atoms with Gasteiger partial charge in [-0.2, -0.15) is 0 Å². The van der Waals surface area contributed by atoms with E-state index in [1.807, 2.05) is 0 Å². The smallest absolute Gasteiger partial charge is 0.354 e. The molecule has 2 amide bonds. The van der Waals surface area contributed by atoms with Crippen molar-refractivity contribution in [3.05, 3.63) is 21.8 Å². The van der Waals surface area contributed by atoms with Gasteiger partial charge < -0.3 is 10.1 Å². The first-order chi connectivity index (χ1) is 9.51. The van der Waals surface area contributed by atoms with Gasteiger partial charge >= 0.3 is 5.97 Å². The highest BCUT2D eigenvalue weighted by Gasteiger charge is 2.54. The zero-order chi connectivity index (χ0) is 14.9. The number of hydrogen-bond donors (Lipinski definition) is 1. The van der Waals surface area contributed by atoms with Crippen molar-refractivity contribution in [3.63, 3.8) is 0 Å². The largest absolute Gasteiger partial charge is 0.464 e. The van der Waals surface area contributed by atoms with E-state index < -0.39 is 23.3 Å². The summed E-state index contributed by atoms with van der Waals surface area (Å²) in [4.78, 5) is 38.7. The van der Waals surface area contributed by atoms with Crippen LogP contribution in [0.1, 0.15) is 6.92 Å². The second-order valence-electron chi connectivity index (χ2n) is 4.06. The fourth-order valence-corrected chi connectivity index (χ4v) is 3.30. The summed E-state index contributed by atoms with van der Waals surface area (Å²) in [6.45, 7) is 1.31. The average Bonchev–Trinajstić information content (AvgIpc) is 2.43. The topological polar surface area (TPSA) is 124 Å². The van der Waals surface area contributed by atoms with E-state index in [-0.39, 0.29) is 23.1 Å². The van der Waals surface area contributed by atoms with Gasteiger partial charge in [0.15, 0.2) is 0 Å². The average molecular weight is 297 g/mol. The number of azide groups is 1. The second kappa shape index (κ2) is 5.43. The maximum Gasteiger partial charge on any atom is 0.354 e. The maximum absolute atomic E-state index is 12.0. The first-order valence-corrected chi connectivity index (χ1v) is 6.64. The predicted octanol–water partition coefficient (Wildman–Crippen LogP) is 0.101. The molecule has 2 rings (SSSR count). The van der Waals surface area contributed by atoms with Crippen molar-refractivity contribution in [2.75, 3.05) is 12.9 Å². The summed E-state index contributed by atoms with van der Waals surface area (Å²) < 4.78 is 4.61. The molecule has 0 spiro atoms. The van der Waals surface area contributed by atoms with Gasteiger partial charge in [0, 0.05) is 17.6 Å². The summed E-state index contributed by atoms with van der Waals surface area (Å²) >= 11 is 1.31. The molecular formula is C10H11N5O4S. The zero-order valence-electron chi connectivity index (χ0n) is 10.7. The van der Waals surface area contributed by atoms with Gasteiger partial charge in [-0.3, -0.25) is 14.5 Å². The third-order valence-electron chi connectivity index (χ3n) is 2.85. The van der Waals surface area contributed by atoms with Crippen LogP contribution in [0.2, 0.25) is 0 Å². The van der Waals surface area contributed by atoms with Crippen LogP contribution < -0.4 is 5.32 Å². The lowest BCUT2D eigenvalue weighted by Gasteiger charge is -2.49. The zero-order valence-corrected chi connectivity index (χ0v) is 11.5. The van der Waals surface area contributed by atoms with Crippen LogP contribution in [0.5, 0.6) is 0 Å². The SMILES string of the molecule is COC(=O)C1=C(N=[N+]=[N-])CS[C@@H]2[C@H](NC(C)=O)C(=O)N12. The lowest BCUT2D eigenvalue weighted by molar-refractivity contribution is -0.151. The molecule has 1 N–H and O–H groups in total. The molecule has 0 aromatic heterocycles. The van der Waals surface area contributed by atoms with Crippen molar-refractivity contribution in [1.29, 1.82) is 0 Å². The Labute approximate surface area is 117 Å². The van der Waals surface area contributed by atoms with E-state index in [0.717, 1.165) is 0 Å². The molecule has 9 nitrogen and oxygen atoms in total. The highest BCUT2D eigenvalue weighted by Crippen LogP contribution is 2.40. The molecule has 2 heterocycles. The van der Waals surface area contributed by atoms with Gasteiger partial charge in [0.05, 0.1) is 12.8 Å². The number of rotatable bonds is 3. The highest BCUT2D eigenvalue weighted by molar-refractivity contribution is 8.00. The Morgan fingerprint density at radius 3 is 2.85 bits per heavy atom. The van der Waals surface area contributed by atoms with Crippen molar-refractivity contribution in [2.45, 2.75) is 18.3 Å². The Morgan fingerprint density at radius 2 is 2.30 bits per heavy atom. The van der Waals surface area contributed by atoms with Gasteiger partial charge in [-0.1, -0.05) is 5.11 Å².